The van der Waals surface area contributed by atoms with Crippen LogP contribution in [-0.4, -0.2) is 17.3 Å². The maximum absolute atomic E-state index is 10.5. The summed E-state index contributed by atoms with van der Waals surface area (Å²) < 4.78 is 5.12. The Morgan fingerprint density at radius 3 is 2.15 bits per heavy atom. The third-order valence-electron chi connectivity index (χ3n) is 3.55. The number of aryl methyl sites for hydroxylation is 1. The number of methoxy groups -OCH3 is 1. The second-order valence-corrected chi connectivity index (χ2v) is 5.17. The van der Waals surface area contributed by atoms with Crippen LogP contribution in [0, 0.1) is 0 Å². The molecule has 0 aliphatic carbocycles. The summed E-state index contributed by atoms with van der Waals surface area (Å²) in [6, 6.07) is 14.5. The van der Waals surface area contributed by atoms with Crippen molar-refractivity contribution in [2.45, 2.75) is 25.4 Å². The van der Waals surface area contributed by atoms with Gasteiger partial charge in [0.05, 0.1) is 12.7 Å². The van der Waals surface area contributed by atoms with Gasteiger partial charge in [0.1, 0.15) is 11.5 Å². The Kier molecular flexibility index (Phi) is 4.30. The number of ether oxygens (including phenoxy) is 1. The number of rotatable bonds is 5. The Balaban J connectivity index is 2.02. The molecule has 2 N–H and O–H groups in total. The van der Waals surface area contributed by atoms with Gasteiger partial charge in [0.15, 0.2) is 0 Å². The van der Waals surface area contributed by atoms with Crippen molar-refractivity contribution < 1.29 is 14.9 Å². The second kappa shape index (κ2) is 5.97. The van der Waals surface area contributed by atoms with Crippen molar-refractivity contribution in [3.05, 3.63) is 59.7 Å². The van der Waals surface area contributed by atoms with Crippen molar-refractivity contribution >= 4 is 0 Å². The van der Waals surface area contributed by atoms with Crippen molar-refractivity contribution in [3.63, 3.8) is 0 Å². The maximum atomic E-state index is 10.5. The molecule has 0 aliphatic heterocycles. The first-order valence-electron chi connectivity index (χ1n) is 6.66. The second-order valence-electron chi connectivity index (χ2n) is 5.17. The van der Waals surface area contributed by atoms with Gasteiger partial charge in [0.2, 0.25) is 0 Å². The molecule has 3 nitrogen and oxygen atoms in total. The zero-order chi connectivity index (χ0) is 14.6. The van der Waals surface area contributed by atoms with Gasteiger partial charge < -0.3 is 14.9 Å². The van der Waals surface area contributed by atoms with Gasteiger partial charge in [0.25, 0.3) is 0 Å². The van der Waals surface area contributed by atoms with E-state index in [9.17, 15) is 10.2 Å². The Hall–Kier alpha value is -2.00. The lowest BCUT2D eigenvalue weighted by molar-refractivity contribution is 0.0480. The Morgan fingerprint density at radius 1 is 1.00 bits per heavy atom. The maximum Gasteiger partial charge on any atom is 0.118 e. The van der Waals surface area contributed by atoms with Gasteiger partial charge in [-0.05, 0) is 55.2 Å². The number of hydrogen-bond donors (Lipinski definition) is 2. The fraction of sp³-hybridized carbons (Fsp3) is 0.294. The summed E-state index contributed by atoms with van der Waals surface area (Å²) in [6.45, 7) is 1.79. The molecule has 106 valence electrons. The van der Waals surface area contributed by atoms with Crippen LogP contribution in [0.1, 0.15) is 24.5 Å². The number of aromatic hydroxyl groups is 1. The summed E-state index contributed by atoms with van der Waals surface area (Å²) in [6.07, 6.45) is 1.39. The van der Waals surface area contributed by atoms with E-state index < -0.39 is 5.60 Å². The lowest BCUT2D eigenvalue weighted by Gasteiger charge is -2.24. The molecule has 2 rings (SSSR count). The summed E-state index contributed by atoms with van der Waals surface area (Å²) in [5, 5.41) is 19.8. The van der Waals surface area contributed by atoms with Gasteiger partial charge in [0, 0.05) is 0 Å². The van der Waals surface area contributed by atoms with Crippen LogP contribution in [0.4, 0.5) is 0 Å². The highest BCUT2D eigenvalue weighted by atomic mass is 16.5. The third kappa shape index (κ3) is 3.52. The van der Waals surface area contributed by atoms with E-state index >= 15 is 0 Å². The van der Waals surface area contributed by atoms with E-state index in [0.717, 1.165) is 23.3 Å². The van der Waals surface area contributed by atoms with Gasteiger partial charge in [-0.1, -0.05) is 24.3 Å². The average molecular weight is 272 g/mol. The highest BCUT2D eigenvalue weighted by Crippen LogP contribution is 2.27. The van der Waals surface area contributed by atoms with Crippen LogP contribution in [0.3, 0.4) is 0 Å². The molecule has 20 heavy (non-hydrogen) atoms. The molecular formula is C17H20O3. The summed E-state index contributed by atoms with van der Waals surface area (Å²) in [4.78, 5) is 0. The van der Waals surface area contributed by atoms with E-state index in [0.29, 0.717) is 6.42 Å². The molecule has 0 spiro atoms. The lowest BCUT2D eigenvalue weighted by atomic mass is 9.89. The first-order valence-corrected chi connectivity index (χ1v) is 6.66. The van der Waals surface area contributed by atoms with Crippen LogP contribution < -0.4 is 4.74 Å². The molecule has 0 radical (unpaired) electrons. The van der Waals surface area contributed by atoms with Crippen LogP contribution in [-0.2, 0) is 12.0 Å². The lowest BCUT2D eigenvalue weighted by Crippen LogP contribution is -2.21. The number of hydrogen-bond acceptors (Lipinski definition) is 3. The fourth-order valence-corrected chi connectivity index (χ4v) is 2.14. The smallest absolute Gasteiger partial charge is 0.118 e. The highest BCUT2D eigenvalue weighted by Gasteiger charge is 2.22. The SMILES string of the molecule is COc1ccc(CCC(C)(O)c2ccc(O)cc2)cc1. The zero-order valence-electron chi connectivity index (χ0n) is 11.8. The van der Waals surface area contributed by atoms with E-state index in [2.05, 4.69) is 0 Å². The average Bonchev–Trinajstić information content (AvgIpc) is 2.46. The summed E-state index contributed by atoms with van der Waals surface area (Å²) in [5.41, 5.74) is 1.06. The monoisotopic (exact) mass is 272 g/mol. The van der Waals surface area contributed by atoms with Gasteiger partial charge in [-0.15, -0.1) is 0 Å². The standard InChI is InChI=1S/C17H20O3/c1-17(19,14-5-7-15(18)8-6-14)12-11-13-3-9-16(20-2)10-4-13/h3-10,18-19H,11-12H2,1-2H3. The molecule has 0 heterocycles. The van der Waals surface area contributed by atoms with Gasteiger partial charge in [-0.25, -0.2) is 0 Å². The predicted molar refractivity (Wildman–Crippen MR) is 79.0 cm³/mol. The Labute approximate surface area is 119 Å². The topological polar surface area (TPSA) is 49.7 Å². The molecule has 0 saturated heterocycles. The minimum Gasteiger partial charge on any atom is -0.508 e. The molecule has 3 heteroatoms. The minimum atomic E-state index is -0.909. The molecule has 0 fully saturated rings. The molecule has 2 aromatic carbocycles. The zero-order valence-corrected chi connectivity index (χ0v) is 11.8. The number of phenols is 1. The molecule has 1 atom stereocenters. The van der Waals surface area contributed by atoms with Gasteiger partial charge in [-0.2, -0.15) is 0 Å². The summed E-state index contributed by atoms with van der Waals surface area (Å²) in [7, 11) is 1.64. The van der Waals surface area contributed by atoms with Crippen molar-refractivity contribution in [1.29, 1.82) is 0 Å². The van der Waals surface area contributed by atoms with Crippen LogP contribution in [0.2, 0.25) is 0 Å². The van der Waals surface area contributed by atoms with Crippen molar-refractivity contribution in [1.82, 2.24) is 0 Å². The summed E-state index contributed by atoms with van der Waals surface area (Å²) >= 11 is 0. The quantitative estimate of drug-likeness (QED) is 0.878. The molecular weight excluding hydrogens is 252 g/mol. The Morgan fingerprint density at radius 2 is 1.60 bits per heavy atom. The molecule has 0 aromatic heterocycles. The number of aliphatic hydroxyl groups is 1. The molecule has 1 unspecified atom stereocenters. The largest absolute Gasteiger partial charge is 0.508 e. The van der Waals surface area contributed by atoms with E-state index in [1.54, 1.807) is 38.3 Å². The third-order valence-corrected chi connectivity index (χ3v) is 3.55. The van der Waals surface area contributed by atoms with E-state index in [1.807, 2.05) is 24.3 Å². The fourth-order valence-electron chi connectivity index (χ4n) is 2.14. The predicted octanol–water partition coefficient (Wildman–Crippen LogP) is 3.24. The first-order chi connectivity index (χ1) is 9.51. The van der Waals surface area contributed by atoms with Gasteiger partial charge >= 0.3 is 0 Å². The van der Waals surface area contributed by atoms with E-state index in [4.69, 9.17) is 4.74 Å². The van der Waals surface area contributed by atoms with Crippen LogP contribution >= 0.6 is 0 Å². The van der Waals surface area contributed by atoms with Crippen molar-refractivity contribution in [2.75, 3.05) is 7.11 Å². The number of benzene rings is 2. The van der Waals surface area contributed by atoms with Crippen LogP contribution in [0.5, 0.6) is 11.5 Å². The van der Waals surface area contributed by atoms with Crippen LogP contribution in [0.15, 0.2) is 48.5 Å². The van der Waals surface area contributed by atoms with Gasteiger partial charge in [-0.3, -0.25) is 0 Å². The number of phenolic OH excluding ortho intramolecular Hbond substituents is 1. The van der Waals surface area contributed by atoms with Crippen LogP contribution in [0.25, 0.3) is 0 Å². The Bertz CT molecular complexity index is 541. The highest BCUT2D eigenvalue weighted by molar-refractivity contribution is 5.30. The van der Waals surface area contributed by atoms with Crippen molar-refractivity contribution in [2.24, 2.45) is 0 Å². The molecule has 0 aliphatic rings. The summed E-state index contributed by atoms with van der Waals surface area (Å²) in [5.74, 6) is 1.04. The molecule has 0 bridgehead atoms. The minimum absolute atomic E-state index is 0.208. The molecule has 0 saturated carbocycles. The first kappa shape index (κ1) is 14.4. The molecule has 2 aromatic rings. The van der Waals surface area contributed by atoms with E-state index in [-0.39, 0.29) is 5.75 Å². The van der Waals surface area contributed by atoms with E-state index in [1.165, 1.54) is 0 Å². The normalized spacial score (nSPS) is 13.8. The molecule has 0 amide bonds. The van der Waals surface area contributed by atoms with Crippen molar-refractivity contribution in [3.8, 4) is 11.5 Å².